The van der Waals surface area contributed by atoms with Crippen molar-refractivity contribution in [2.75, 3.05) is 19.6 Å². The lowest BCUT2D eigenvalue weighted by atomic mass is 10.0. The minimum atomic E-state index is -0.390. The van der Waals surface area contributed by atoms with Crippen LogP contribution in [-0.4, -0.2) is 51.1 Å². The van der Waals surface area contributed by atoms with Gasteiger partial charge in [-0.3, -0.25) is 19.3 Å². The first-order chi connectivity index (χ1) is 15.3. The molecule has 0 spiro atoms. The molecule has 1 aromatic heterocycles. The standard InChI is InChI=1S/C25H29N3O3S/c1-16(2)19-7-9-21(10-8-19)28-17(3)13-20(18(28)4)14-22-24(30)27(25(31)32-22)15-23(29)26-11-5-6-12-26/h7-10,13-14,16H,5-6,11-12,15H2,1-4H3. The molecular weight excluding hydrogens is 422 g/mol. The second-order valence-electron chi connectivity index (χ2n) is 8.76. The van der Waals surface area contributed by atoms with Gasteiger partial charge < -0.3 is 9.47 Å². The number of aromatic nitrogens is 1. The normalized spacial score (nSPS) is 18.0. The van der Waals surface area contributed by atoms with Gasteiger partial charge in [0.05, 0.1) is 4.91 Å². The summed E-state index contributed by atoms with van der Waals surface area (Å²) in [5, 5.41) is -0.383. The molecule has 4 rings (SSSR count). The van der Waals surface area contributed by atoms with Crippen molar-refractivity contribution in [2.45, 2.75) is 46.5 Å². The number of hydrogen-bond acceptors (Lipinski definition) is 4. The Morgan fingerprint density at radius 1 is 1.09 bits per heavy atom. The SMILES string of the molecule is Cc1cc(C=C2SC(=O)N(CC(=O)N3CCCC3)C2=O)c(C)n1-c1ccc(C(C)C)cc1. The van der Waals surface area contributed by atoms with Crippen molar-refractivity contribution in [2.24, 2.45) is 0 Å². The highest BCUT2D eigenvalue weighted by Gasteiger charge is 2.37. The highest BCUT2D eigenvalue weighted by Crippen LogP contribution is 2.34. The van der Waals surface area contributed by atoms with Crippen LogP contribution in [0.15, 0.2) is 35.2 Å². The second kappa shape index (κ2) is 8.98. The summed E-state index contributed by atoms with van der Waals surface area (Å²) in [6.45, 7) is 9.61. The predicted molar refractivity (Wildman–Crippen MR) is 128 cm³/mol. The van der Waals surface area contributed by atoms with Crippen LogP contribution in [0, 0.1) is 13.8 Å². The zero-order valence-electron chi connectivity index (χ0n) is 19.1. The lowest BCUT2D eigenvalue weighted by molar-refractivity contribution is -0.135. The molecule has 6 nitrogen and oxygen atoms in total. The van der Waals surface area contributed by atoms with E-state index in [1.807, 2.05) is 19.9 Å². The van der Waals surface area contributed by atoms with Crippen LogP contribution in [0.25, 0.3) is 11.8 Å². The van der Waals surface area contributed by atoms with Crippen LogP contribution in [0.5, 0.6) is 0 Å². The van der Waals surface area contributed by atoms with Gasteiger partial charge in [-0.05, 0) is 79.8 Å². The Morgan fingerprint density at radius 2 is 1.75 bits per heavy atom. The molecule has 2 fully saturated rings. The molecule has 0 unspecified atom stereocenters. The summed E-state index contributed by atoms with van der Waals surface area (Å²) in [6.07, 6.45) is 3.72. The van der Waals surface area contributed by atoms with Gasteiger partial charge in [0, 0.05) is 30.2 Å². The summed E-state index contributed by atoms with van der Waals surface area (Å²) in [7, 11) is 0. The molecule has 0 aliphatic carbocycles. The predicted octanol–water partition coefficient (Wildman–Crippen LogP) is 4.88. The molecule has 0 atom stereocenters. The van der Waals surface area contributed by atoms with Crippen molar-refractivity contribution in [1.29, 1.82) is 0 Å². The Hall–Kier alpha value is -2.80. The third kappa shape index (κ3) is 4.26. The van der Waals surface area contributed by atoms with Gasteiger partial charge in [-0.1, -0.05) is 26.0 Å². The zero-order valence-corrected chi connectivity index (χ0v) is 19.9. The molecule has 3 amide bonds. The molecule has 0 bridgehead atoms. The molecule has 168 valence electrons. The molecule has 1 aromatic carbocycles. The summed E-state index contributed by atoms with van der Waals surface area (Å²) < 4.78 is 2.15. The third-order valence-electron chi connectivity index (χ3n) is 6.20. The maximum Gasteiger partial charge on any atom is 0.294 e. The van der Waals surface area contributed by atoms with Crippen molar-refractivity contribution in [3.05, 3.63) is 57.8 Å². The minimum absolute atomic E-state index is 0.158. The summed E-state index contributed by atoms with van der Waals surface area (Å²) in [5.74, 6) is -0.0767. The molecule has 7 heteroatoms. The van der Waals surface area contributed by atoms with Crippen molar-refractivity contribution < 1.29 is 14.4 Å². The average molecular weight is 452 g/mol. The van der Waals surface area contributed by atoms with E-state index in [4.69, 9.17) is 0 Å². The zero-order chi connectivity index (χ0) is 23.0. The number of amides is 3. The van der Waals surface area contributed by atoms with Gasteiger partial charge in [0.25, 0.3) is 11.1 Å². The van der Waals surface area contributed by atoms with Gasteiger partial charge in [0.15, 0.2) is 0 Å². The Kier molecular flexibility index (Phi) is 6.29. The minimum Gasteiger partial charge on any atom is -0.341 e. The van der Waals surface area contributed by atoms with E-state index in [1.54, 1.807) is 11.0 Å². The first-order valence-corrected chi connectivity index (χ1v) is 11.9. The van der Waals surface area contributed by atoms with Gasteiger partial charge in [-0.15, -0.1) is 0 Å². The quantitative estimate of drug-likeness (QED) is 0.608. The molecular formula is C25H29N3O3S. The summed E-state index contributed by atoms with van der Waals surface area (Å²) in [4.78, 5) is 40.9. The second-order valence-corrected chi connectivity index (χ2v) is 9.76. The Balaban J connectivity index is 1.56. The number of thioether (sulfide) groups is 1. The summed E-state index contributed by atoms with van der Waals surface area (Å²) >= 11 is 0.904. The number of aryl methyl sites for hydroxylation is 1. The third-order valence-corrected chi connectivity index (χ3v) is 7.11. The van der Waals surface area contributed by atoms with Crippen LogP contribution in [0.4, 0.5) is 4.79 Å². The lowest BCUT2D eigenvalue weighted by Crippen LogP contribution is -2.40. The van der Waals surface area contributed by atoms with Crippen LogP contribution < -0.4 is 0 Å². The number of imide groups is 1. The van der Waals surface area contributed by atoms with E-state index < -0.39 is 5.91 Å². The van der Waals surface area contributed by atoms with Crippen molar-refractivity contribution in [3.8, 4) is 5.69 Å². The Morgan fingerprint density at radius 3 is 2.38 bits per heavy atom. The van der Waals surface area contributed by atoms with Crippen LogP contribution in [-0.2, 0) is 9.59 Å². The first-order valence-electron chi connectivity index (χ1n) is 11.1. The van der Waals surface area contributed by atoms with Crippen LogP contribution in [0.1, 0.15) is 55.1 Å². The van der Waals surface area contributed by atoms with Gasteiger partial charge in [0.1, 0.15) is 6.54 Å². The van der Waals surface area contributed by atoms with E-state index in [0.717, 1.165) is 52.1 Å². The number of carbonyl (C=O) groups excluding carboxylic acids is 3. The fourth-order valence-corrected chi connectivity index (χ4v) is 5.15. The topological polar surface area (TPSA) is 62.6 Å². The molecule has 32 heavy (non-hydrogen) atoms. The van der Waals surface area contributed by atoms with Gasteiger partial charge in [-0.2, -0.15) is 0 Å². The van der Waals surface area contributed by atoms with Crippen LogP contribution in [0.3, 0.4) is 0 Å². The van der Waals surface area contributed by atoms with E-state index in [0.29, 0.717) is 23.9 Å². The fourth-order valence-electron chi connectivity index (χ4n) is 4.32. The molecule has 2 aliphatic rings. The monoisotopic (exact) mass is 451 g/mol. The molecule has 0 saturated carbocycles. The van der Waals surface area contributed by atoms with E-state index >= 15 is 0 Å². The number of hydrogen-bond donors (Lipinski definition) is 0. The average Bonchev–Trinajstić information content (AvgIpc) is 3.45. The number of nitrogens with zero attached hydrogens (tertiary/aromatic N) is 3. The van der Waals surface area contributed by atoms with Crippen molar-refractivity contribution >= 4 is 34.9 Å². The Labute approximate surface area is 193 Å². The Bertz CT molecular complexity index is 1090. The largest absolute Gasteiger partial charge is 0.341 e. The first kappa shape index (κ1) is 22.4. The molecule has 2 aromatic rings. The van der Waals surface area contributed by atoms with Gasteiger partial charge >= 0.3 is 0 Å². The van der Waals surface area contributed by atoms with Crippen molar-refractivity contribution in [3.63, 3.8) is 0 Å². The molecule has 3 heterocycles. The smallest absolute Gasteiger partial charge is 0.294 e. The van der Waals surface area contributed by atoms with Crippen LogP contribution in [0.2, 0.25) is 0 Å². The van der Waals surface area contributed by atoms with E-state index in [-0.39, 0.29) is 17.7 Å². The number of likely N-dealkylation sites (tertiary alicyclic amines) is 1. The number of benzene rings is 1. The highest BCUT2D eigenvalue weighted by atomic mass is 32.2. The maximum absolute atomic E-state index is 12.9. The number of rotatable bonds is 5. The lowest BCUT2D eigenvalue weighted by Gasteiger charge is -2.18. The van der Waals surface area contributed by atoms with Gasteiger partial charge in [-0.25, -0.2) is 0 Å². The molecule has 2 aliphatic heterocycles. The van der Waals surface area contributed by atoms with Gasteiger partial charge in [0.2, 0.25) is 5.91 Å². The highest BCUT2D eigenvalue weighted by molar-refractivity contribution is 8.18. The van der Waals surface area contributed by atoms with Crippen molar-refractivity contribution in [1.82, 2.24) is 14.4 Å². The summed E-state index contributed by atoms with van der Waals surface area (Å²) in [5.41, 5.74) is 5.29. The van der Waals surface area contributed by atoms with E-state index in [1.165, 1.54) is 5.56 Å². The molecule has 0 radical (unpaired) electrons. The molecule has 0 N–H and O–H groups in total. The fraction of sp³-hybridized carbons (Fsp3) is 0.400. The van der Waals surface area contributed by atoms with E-state index in [9.17, 15) is 14.4 Å². The van der Waals surface area contributed by atoms with E-state index in [2.05, 4.69) is 42.7 Å². The van der Waals surface area contributed by atoms with Crippen LogP contribution >= 0.6 is 11.8 Å². The maximum atomic E-state index is 12.9. The molecule has 2 saturated heterocycles. The summed E-state index contributed by atoms with van der Waals surface area (Å²) in [6, 6.07) is 10.5. The number of carbonyl (C=O) groups is 3.